The van der Waals surface area contributed by atoms with Gasteiger partial charge in [-0.3, -0.25) is 0 Å². The Bertz CT molecular complexity index is 7310. The molecular weight excluding hydrogens is 1650 g/mol. The average molecular weight is 1800 g/mol. The summed E-state index contributed by atoms with van der Waals surface area (Å²) >= 11 is 0. The van der Waals surface area contributed by atoms with Crippen LogP contribution in [0.3, 0.4) is 0 Å². The molecule has 2 aliphatic rings. The highest BCUT2D eigenvalue weighted by atomic mass is 15.2. The summed E-state index contributed by atoms with van der Waals surface area (Å²) in [4.78, 5) is 5.69. The number of hydrogen-bond donors (Lipinski definition) is 0. The number of anilines is 6. The quantitative estimate of drug-likeness (QED) is 0.134. The van der Waals surface area contributed by atoms with Crippen molar-refractivity contribution in [2.24, 2.45) is 0 Å². The molecule has 4 nitrogen and oxygen atoms in total. The van der Waals surface area contributed by atoms with Gasteiger partial charge >= 0.3 is 0 Å². The van der Waals surface area contributed by atoms with Crippen molar-refractivity contribution in [1.82, 2.24) is 9.13 Å². The molecule has 0 spiro atoms. The maximum absolute atomic E-state index is 2.85. The average Bonchev–Trinajstić information content (AvgIpc) is 1.63. The maximum Gasteiger partial charge on any atom is 0.252 e. The summed E-state index contributed by atoms with van der Waals surface area (Å²) in [5.41, 5.74) is 42.7. The minimum atomic E-state index is -0.351. The number of hydrogen-bond acceptors (Lipinski definition) is 2. The van der Waals surface area contributed by atoms with E-state index in [4.69, 9.17) is 0 Å². The van der Waals surface area contributed by atoms with Gasteiger partial charge in [-0.2, -0.15) is 0 Å². The van der Waals surface area contributed by atoms with Gasteiger partial charge in [0.25, 0.3) is 6.71 Å². The zero-order valence-corrected chi connectivity index (χ0v) is 89.7. The highest BCUT2D eigenvalue weighted by Crippen LogP contribution is 2.58. The number of aromatic nitrogens is 2. The molecule has 2 aliphatic heterocycles. The third-order valence-electron chi connectivity index (χ3n) is 30.1. The third kappa shape index (κ3) is 17.2. The van der Waals surface area contributed by atoms with Gasteiger partial charge in [-0.05, 0) is 260 Å². The topological polar surface area (TPSA) is 16.3 Å². The minimum absolute atomic E-state index is 0.0981. The molecule has 0 unspecified atom stereocenters. The van der Waals surface area contributed by atoms with Gasteiger partial charge in [0.2, 0.25) is 0 Å². The van der Waals surface area contributed by atoms with Crippen LogP contribution in [0.15, 0.2) is 261 Å². The molecule has 0 saturated heterocycles. The molecule has 0 N–H and O–H groups in total. The van der Waals surface area contributed by atoms with Crippen molar-refractivity contribution in [3.8, 4) is 67.0 Å². The molecule has 0 fully saturated rings. The normalized spacial score (nSPS) is 13.9. The largest absolute Gasteiger partial charge is 0.310 e. The molecule has 0 amide bonds. The van der Waals surface area contributed by atoms with E-state index in [1.807, 2.05) is 0 Å². The predicted molar refractivity (Wildman–Crippen MR) is 601 cm³/mol. The second-order valence-electron chi connectivity index (χ2n) is 53.0. The van der Waals surface area contributed by atoms with Crippen molar-refractivity contribution in [1.29, 1.82) is 0 Å². The first kappa shape index (κ1) is 95.6. The van der Waals surface area contributed by atoms with Gasteiger partial charge in [0, 0.05) is 72.2 Å². The maximum atomic E-state index is 2.85. The molecular formula is C132H151BN4. The standard InChI is InChI=1S/C132H151BN4/c1-121(2,3)84-51-46-80(47-52-84)95-40-37-42-98(97-61-55-90(127(19,20)21)76-106(97)132(34,35)36)119(95)136-113-70-82(83-68-91(128(22,23)24)71-92(69-83)129(25,26)27)50-62-107(113)133-108-63-60-93(134-109-64-56-86(123(7,8)9)72-100(109)101-73-87(124(10,11)12)57-65-110(101)134)77-114(108)137(116-79-94(78-115(136)118(116)133)135-111-66-58-88(125(13,14)15)74-102(111)103-75-89(126(16,17)18)59-67-112(103)135)120-96(81-48-53-85(54-49-81)122(4,5)6)41-38-43-99(120)117-104(130(28,29)30)44-39-45-105(117)131(31,32)33/h37-79H,1-36H3. The van der Waals surface area contributed by atoms with Crippen LogP contribution in [0.1, 0.15) is 316 Å². The number of nitrogens with zero attached hydrogens (tertiary/aromatic N) is 4. The van der Waals surface area contributed by atoms with Crippen molar-refractivity contribution in [2.75, 3.05) is 9.80 Å². The third-order valence-corrected chi connectivity index (χ3v) is 30.1. The van der Waals surface area contributed by atoms with Gasteiger partial charge in [-0.25, -0.2) is 0 Å². The van der Waals surface area contributed by atoms with E-state index in [1.165, 1.54) is 149 Å². The summed E-state index contributed by atoms with van der Waals surface area (Å²) in [6.07, 6.45) is 0. The van der Waals surface area contributed by atoms with Crippen molar-refractivity contribution in [2.45, 2.75) is 314 Å². The molecule has 2 aromatic heterocycles. The molecule has 16 aromatic rings. The Morgan fingerprint density at radius 3 is 0.876 bits per heavy atom. The molecule has 18 rings (SSSR count). The van der Waals surface area contributed by atoms with E-state index in [0.29, 0.717) is 0 Å². The zero-order valence-electron chi connectivity index (χ0n) is 89.7. The Morgan fingerprint density at radius 2 is 0.496 bits per heavy atom. The number of benzene rings is 14. The first-order chi connectivity index (χ1) is 63.5. The Balaban J connectivity index is 1.11. The first-order valence-corrected chi connectivity index (χ1v) is 50.7. The van der Waals surface area contributed by atoms with Crippen LogP contribution in [0.25, 0.3) is 111 Å². The Labute approximate surface area is 822 Å². The van der Waals surface area contributed by atoms with Gasteiger partial charge in [-0.15, -0.1) is 0 Å². The zero-order chi connectivity index (χ0) is 99.0. The van der Waals surface area contributed by atoms with Gasteiger partial charge in [-0.1, -0.05) is 431 Å². The van der Waals surface area contributed by atoms with Crippen molar-refractivity contribution < 1.29 is 0 Å². The molecule has 5 heteroatoms. The van der Waals surface area contributed by atoms with Crippen LogP contribution in [-0.4, -0.2) is 15.8 Å². The number of para-hydroxylation sites is 2. The van der Waals surface area contributed by atoms with Crippen molar-refractivity contribution in [3.63, 3.8) is 0 Å². The molecule has 14 aromatic carbocycles. The lowest BCUT2D eigenvalue weighted by Gasteiger charge is -2.46. The van der Waals surface area contributed by atoms with E-state index in [0.717, 1.165) is 78.8 Å². The van der Waals surface area contributed by atoms with Gasteiger partial charge in [0.1, 0.15) is 0 Å². The first-order valence-electron chi connectivity index (χ1n) is 50.7. The van der Waals surface area contributed by atoms with Crippen LogP contribution in [0.2, 0.25) is 0 Å². The van der Waals surface area contributed by atoms with Gasteiger partial charge in [0.05, 0.1) is 39.1 Å². The Morgan fingerprint density at radius 1 is 0.190 bits per heavy atom. The lowest BCUT2D eigenvalue weighted by Crippen LogP contribution is -2.61. The van der Waals surface area contributed by atoms with E-state index in [9.17, 15) is 0 Å². The van der Waals surface area contributed by atoms with E-state index < -0.39 is 0 Å². The summed E-state index contributed by atoms with van der Waals surface area (Å²) < 4.78 is 5.30. The van der Waals surface area contributed by atoms with Crippen molar-refractivity contribution in [3.05, 3.63) is 328 Å². The summed E-state index contributed by atoms with van der Waals surface area (Å²) in [5, 5.41) is 4.99. The van der Waals surface area contributed by atoms with Crippen LogP contribution < -0.4 is 26.2 Å². The molecule has 0 atom stereocenters. The van der Waals surface area contributed by atoms with E-state index >= 15 is 0 Å². The summed E-state index contributed by atoms with van der Waals surface area (Å²) in [7, 11) is 0. The van der Waals surface area contributed by atoms with Gasteiger partial charge < -0.3 is 18.9 Å². The number of rotatable bonds is 9. The Kier molecular flexibility index (Phi) is 22.7. The summed E-state index contributed by atoms with van der Waals surface area (Å²) in [6.45, 7) is 85.4. The molecule has 0 bridgehead atoms. The lowest BCUT2D eigenvalue weighted by atomic mass is 9.33. The highest BCUT2D eigenvalue weighted by molar-refractivity contribution is 7.00. The second-order valence-corrected chi connectivity index (χ2v) is 53.0. The minimum Gasteiger partial charge on any atom is -0.310 e. The van der Waals surface area contributed by atoms with Crippen LogP contribution in [0.4, 0.5) is 34.1 Å². The number of fused-ring (bicyclic) bond motifs is 10. The molecule has 0 radical (unpaired) electrons. The molecule has 137 heavy (non-hydrogen) atoms. The summed E-state index contributed by atoms with van der Waals surface area (Å²) in [5.74, 6) is 0. The van der Waals surface area contributed by atoms with E-state index in [1.54, 1.807) is 0 Å². The van der Waals surface area contributed by atoms with E-state index in [-0.39, 0.29) is 71.7 Å². The SMILES string of the molecule is CC(C)(C)c1ccc(-c2cccc(-c3ccc(C(C)(C)C)cc3C(C)(C)C)c2N2c3cc(-c4cc(C(C)(C)C)cc(C(C)(C)C)c4)ccc3B3c4ccc(-n5c6ccc(C(C)(C)C)cc6c6cc(C(C)(C)C)ccc65)cc4N(c4c(-c5ccc(C(C)(C)C)cc5)cccc4-c4c(C(C)(C)C)cccc4C(C)(C)C)c4cc(-n5c6ccc(C(C)(C)C)cc6c6cc(C(C)(C)C)ccc65)cc2c43)cc1. The monoisotopic (exact) mass is 1800 g/mol. The molecule has 4 heterocycles. The Hall–Kier alpha value is -11.7. The second kappa shape index (κ2) is 32.5. The summed E-state index contributed by atoms with van der Waals surface area (Å²) in [6, 6.07) is 107. The van der Waals surface area contributed by atoms with Crippen LogP contribution >= 0.6 is 0 Å². The van der Waals surface area contributed by atoms with Crippen molar-refractivity contribution >= 4 is 101 Å². The molecule has 702 valence electrons. The van der Waals surface area contributed by atoms with E-state index in [2.05, 4.69) is 529 Å². The molecule has 0 saturated carbocycles. The highest BCUT2D eigenvalue weighted by Gasteiger charge is 2.48. The fourth-order valence-electron chi connectivity index (χ4n) is 21.7. The van der Waals surface area contributed by atoms with Crippen LogP contribution in [-0.2, 0) is 65.0 Å². The lowest BCUT2D eigenvalue weighted by molar-refractivity contribution is 0.568. The predicted octanol–water partition coefficient (Wildman–Crippen LogP) is 35.9. The van der Waals surface area contributed by atoms with Crippen LogP contribution in [0, 0.1) is 0 Å². The van der Waals surface area contributed by atoms with Gasteiger partial charge in [0.15, 0.2) is 0 Å². The fraction of sp³-hybridized carbons (Fsp3) is 0.364. The van der Waals surface area contributed by atoms with Crippen LogP contribution in [0.5, 0.6) is 0 Å². The molecule has 0 aliphatic carbocycles. The fourth-order valence-corrected chi connectivity index (χ4v) is 21.7. The smallest absolute Gasteiger partial charge is 0.252 e.